The van der Waals surface area contributed by atoms with Gasteiger partial charge >= 0.3 is 12.0 Å². The number of hydrogen-bond donors (Lipinski definition) is 4. The van der Waals surface area contributed by atoms with Crippen molar-refractivity contribution in [3.8, 4) is 0 Å². The molecule has 0 saturated carbocycles. The second kappa shape index (κ2) is 8.48. The van der Waals surface area contributed by atoms with Crippen LogP contribution >= 0.6 is 0 Å². The van der Waals surface area contributed by atoms with E-state index < -0.39 is 24.1 Å². The zero-order valence-corrected chi connectivity index (χ0v) is 10.6. The topological polar surface area (TPSA) is 108 Å². The summed E-state index contributed by atoms with van der Waals surface area (Å²) in [4.78, 5) is 22.0. The highest BCUT2D eigenvalue weighted by molar-refractivity contribution is 5.82. The quantitative estimate of drug-likeness (QED) is 0.354. The van der Waals surface area contributed by atoms with Crippen LogP contribution in [0.1, 0.15) is 13.8 Å². The molecular formula is C11H20N2O5. The molecule has 0 radical (unpaired) electrons. The highest BCUT2D eigenvalue weighted by atomic mass is 16.5. The fraction of sp³-hybridized carbons (Fsp3) is 0.636. The van der Waals surface area contributed by atoms with Crippen LogP contribution in [0.25, 0.3) is 0 Å². The first-order valence-corrected chi connectivity index (χ1v) is 5.52. The maximum atomic E-state index is 11.3. The molecule has 4 N–H and O–H groups in total. The maximum Gasteiger partial charge on any atom is 0.328 e. The molecule has 0 aromatic rings. The summed E-state index contributed by atoms with van der Waals surface area (Å²) in [6.45, 7) is 7.71. The van der Waals surface area contributed by atoms with Crippen molar-refractivity contribution in [1.82, 2.24) is 10.6 Å². The van der Waals surface area contributed by atoms with Gasteiger partial charge in [0.05, 0.1) is 19.3 Å². The third-order valence-electron chi connectivity index (χ3n) is 1.92. The fourth-order valence-electron chi connectivity index (χ4n) is 1.06. The van der Waals surface area contributed by atoms with Gasteiger partial charge in [-0.1, -0.05) is 12.2 Å². The molecule has 0 aliphatic rings. The summed E-state index contributed by atoms with van der Waals surface area (Å²) in [5.74, 6) is -1.29. The molecule has 0 unspecified atom stereocenters. The largest absolute Gasteiger partial charge is 0.480 e. The van der Waals surface area contributed by atoms with Gasteiger partial charge in [0.15, 0.2) is 6.04 Å². The third kappa shape index (κ3) is 7.64. The number of nitrogens with one attached hydrogen (secondary N) is 2. The minimum Gasteiger partial charge on any atom is -0.480 e. The minimum atomic E-state index is -1.33. The lowest BCUT2D eigenvalue weighted by Crippen LogP contribution is -2.51. The molecule has 7 heteroatoms. The molecule has 0 aliphatic carbocycles. The number of urea groups is 1. The summed E-state index contributed by atoms with van der Waals surface area (Å²) in [6, 6.07) is -2.00. The highest BCUT2D eigenvalue weighted by Crippen LogP contribution is 1.92. The predicted octanol–water partition coefficient (Wildman–Crippen LogP) is -0.288. The van der Waals surface area contributed by atoms with Gasteiger partial charge in [0.2, 0.25) is 0 Å². The lowest BCUT2D eigenvalue weighted by Gasteiger charge is -2.17. The maximum absolute atomic E-state index is 11.3. The second-order valence-corrected chi connectivity index (χ2v) is 3.97. The van der Waals surface area contributed by atoms with E-state index in [1.165, 1.54) is 6.92 Å². The van der Waals surface area contributed by atoms with E-state index in [0.29, 0.717) is 13.2 Å². The molecule has 0 bridgehead atoms. The standard InChI is InChI=1S/C11H20N2O5/c1-7(2)6-18-5-4-12-11(17)13-9(8(3)14)10(15)16/h8-9,14H,1,4-6H2,2-3H3,(H,15,16)(H2,12,13,17)/t8-,9+/m1/s1. The average Bonchev–Trinajstić information content (AvgIpc) is 2.24. The van der Waals surface area contributed by atoms with E-state index in [1.54, 1.807) is 0 Å². The van der Waals surface area contributed by atoms with Crippen molar-refractivity contribution in [3.63, 3.8) is 0 Å². The van der Waals surface area contributed by atoms with Crippen LogP contribution in [0.15, 0.2) is 12.2 Å². The Bertz CT molecular complexity index is 304. The van der Waals surface area contributed by atoms with Crippen LogP contribution in [0.5, 0.6) is 0 Å². The zero-order valence-electron chi connectivity index (χ0n) is 10.6. The van der Waals surface area contributed by atoms with Crippen LogP contribution in [0, 0.1) is 0 Å². The Labute approximate surface area is 106 Å². The SMILES string of the molecule is C=C(C)COCCNC(=O)N[C@H](C(=O)O)[C@@H](C)O. The van der Waals surface area contributed by atoms with Crippen molar-refractivity contribution in [1.29, 1.82) is 0 Å². The van der Waals surface area contributed by atoms with Gasteiger partial charge in [-0.15, -0.1) is 0 Å². The number of rotatable bonds is 8. The summed E-state index contributed by atoms with van der Waals surface area (Å²) >= 11 is 0. The number of aliphatic hydroxyl groups is 1. The number of carboxylic acid groups (broad SMARTS) is 1. The van der Waals surface area contributed by atoms with Crippen LogP contribution < -0.4 is 10.6 Å². The van der Waals surface area contributed by atoms with Gasteiger partial charge < -0.3 is 25.6 Å². The number of carbonyl (C=O) groups is 2. The first-order valence-electron chi connectivity index (χ1n) is 5.52. The molecule has 18 heavy (non-hydrogen) atoms. The molecule has 0 aromatic carbocycles. The Hall–Kier alpha value is -1.60. The van der Waals surface area contributed by atoms with E-state index in [9.17, 15) is 9.59 Å². The Balaban J connectivity index is 3.82. The van der Waals surface area contributed by atoms with Gasteiger partial charge in [-0.3, -0.25) is 0 Å². The van der Waals surface area contributed by atoms with Crippen molar-refractivity contribution in [3.05, 3.63) is 12.2 Å². The van der Waals surface area contributed by atoms with Crippen LogP contribution in [0.3, 0.4) is 0 Å². The number of carbonyl (C=O) groups excluding carboxylic acids is 1. The van der Waals surface area contributed by atoms with Gasteiger partial charge in [-0.05, 0) is 13.8 Å². The zero-order chi connectivity index (χ0) is 14.1. The Morgan fingerprint density at radius 1 is 1.44 bits per heavy atom. The lowest BCUT2D eigenvalue weighted by molar-refractivity contribution is -0.141. The summed E-state index contributed by atoms with van der Waals surface area (Å²) < 4.78 is 5.14. The number of aliphatic carboxylic acids is 1. The van der Waals surface area contributed by atoms with E-state index >= 15 is 0 Å². The normalized spacial score (nSPS) is 13.5. The van der Waals surface area contributed by atoms with Crippen molar-refractivity contribution in [2.75, 3.05) is 19.8 Å². The number of ether oxygens (including phenoxy) is 1. The van der Waals surface area contributed by atoms with E-state index in [-0.39, 0.29) is 6.54 Å². The number of amides is 2. The molecule has 2 amide bonds. The third-order valence-corrected chi connectivity index (χ3v) is 1.92. The smallest absolute Gasteiger partial charge is 0.328 e. The summed E-state index contributed by atoms with van der Waals surface area (Å²) in [5, 5.41) is 22.4. The molecule has 2 atom stereocenters. The summed E-state index contributed by atoms with van der Waals surface area (Å²) in [6.07, 6.45) is -1.17. The van der Waals surface area contributed by atoms with Gasteiger partial charge in [0.1, 0.15) is 0 Å². The van der Waals surface area contributed by atoms with Crippen LogP contribution in [0.2, 0.25) is 0 Å². The first-order chi connectivity index (χ1) is 8.34. The predicted molar refractivity (Wildman–Crippen MR) is 65.3 cm³/mol. The van der Waals surface area contributed by atoms with Crippen molar-refractivity contribution < 1.29 is 24.5 Å². The Morgan fingerprint density at radius 3 is 2.50 bits per heavy atom. The number of hydrogen-bond acceptors (Lipinski definition) is 4. The lowest BCUT2D eigenvalue weighted by atomic mass is 10.2. The molecule has 7 nitrogen and oxygen atoms in total. The molecule has 0 aliphatic heterocycles. The first kappa shape index (κ1) is 16.4. The Kier molecular flexibility index (Phi) is 7.73. The molecule has 0 spiro atoms. The fourth-order valence-corrected chi connectivity index (χ4v) is 1.06. The Morgan fingerprint density at radius 2 is 2.06 bits per heavy atom. The number of aliphatic hydroxyl groups excluding tert-OH is 1. The van der Waals surface area contributed by atoms with E-state index in [1.807, 2.05) is 6.92 Å². The average molecular weight is 260 g/mol. The van der Waals surface area contributed by atoms with Gasteiger partial charge in [-0.25, -0.2) is 9.59 Å². The van der Waals surface area contributed by atoms with E-state index in [4.69, 9.17) is 14.9 Å². The summed E-state index contributed by atoms with van der Waals surface area (Å²) in [5.41, 5.74) is 0.875. The highest BCUT2D eigenvalue weighted by Gasteiger charge is 2.24. The van der Waals surface area contributed by atoms with Gasteiger partial charge in [-0.2, -0.15) is 0 Å². The van der Waals surface area contributed by atoms with Crippen LogP contribution in [0.4, 0.5) is 4.79 Å². The van der Waals surface area contributed by atoms with Gasteiger partial charge in [0.25, 0.3) is 0 Å². The van der Waals surface area contributed by atoms with Crippen molar-refractivity contribution >= 4 is 12.0 Å². The second-order valence-electron chi connectivity index (χ2n) is 3.97. The van der Waals surface area contributed by atoms with E-state index in [2.05, 4.69) is 17.2 Å². The molecule has 0 aromatic heterocycles. The van der Waals surface area contributed by atoms with Crippen molar-refractivity contribution in [2.45, 2.75) is 26.0 Å². The van der Waals surface area contributed by atoms with Crippen LogP contribution in [-0.4, -0.2) is 54.1 Å². The minimum absolute atomic E-state index is 0.241. The van der Waals surface area contributed by atoms with Crippen molar-refractivity contribution in [2.24, 2.45) is 0 Å². The van der Waals surface area contributed by atoms with Gasteiger partial charge in [0, 0.05) is 6.54 Å². The molecule has 0 fully saturated rings. The molecule has 0 saturated heterocycles. The molecular weight excluding hydrogens is 240 g/mol. The molecule has 0 heterocycles. The monoisotopic (exact) mass is 260 g/mol. The molecule has 104 valence electrons. The summed E-state index contributed by atoms with van der Waals surface area (Å²) in [7, 11) is 0. The van der Waals surface area contributed by atoms with E-state index in [0.717, 1.165) is 5.57 Å². The molecule has 0 rings (SSSR count). The number of carboxylic acids is 1. The van der Waals surface area contributed by atoms with Crippen LogP contribution in [-0.2, 0) is 9.53 Å².